The highest BCUT2D eigenvalue weighted by atomic mass is 16.3. The monoisotopic (exact) mass is 277 g/mol. The third-order valence-corrected chi connectivity index (χ3v) is 4.14. The number of likely N-dealkylation sites (tertiary alicyclic amines) is 1. The molecule has 0 saturated carbocycles. The minimum atomic E-state index is -0.288. The van der Waals surface area contributed by atoms with Crippen molar-refractivity contribution in [3.63, 3.8) is 0 Å². The highest BCUT2D eigenvalue weighted by Gasteiger charge is 2.26. The van der Waals surface area contributed by atoms with Gasteiger partial charge in [-0.25, -0.2) is 0 Å². The first-order chi connectivity index (χ1) is 9.52. The molecule has 5 heteroatoms. The van der Waals surface area contributed by atoms with Crippen LogP contribution >= 0.6 is 0 Å². The third-order valence-electron chi connectivity index (χ3n) is 4.14. The molecule has 1 aromatic rings. The Labute approximate surface area is 119 Å². The number of rotatable bonds is 3. The maximum Gasteiger partial charge on any atom is 0.253 e. The van der Waals surface area contributed by atoms with E-state index in [2.05, 4.69) is 5.43 Å². The maximum atomic E-state index is 12.4. The molecule has 1 aliphatic rings. The van der Waals surface area contributed by atoms with Crippen molar-refractivity contribution in [2.24, 2.45) is 11.8 Å². The lowest BCUT2D eigenvalue weighted by Gasteiger charge is -2.33. The maximum absolute atomic E-state index is 12.4. The van der Waals surface area contributed by atoms with Crippen LogP contribution in [0.5, 0.6) is 0 Å². The van der Waals surface area contributed by atoms with Crippen LogP contribution < -0.4 is 11.3 Å². The molecule has 2 rings (SSSR count). The molecule has 1 atom stereocenters. The van der Waals surface area contributed by atoms with Crippen LogP contribution in [-0.4, -0.2) is 35.1 Å². The van der Waals surface area contributed by atoms with Crippen molar-refractivity contribution < 1.29 is 9.90 Å². The molecule has 5 nitrogen and oxygen atoms in total. The van der Waals surface area contributed by atoms with E-state index in [9.17, 15) is 9.90 Å². The number of carbonyl (C=O) groups excluding carboxylic acids is 1. The highest BCUT2D eigenvalue weighted by molar-refractivity contribution is 5.95. The molecule has 1 amide bonds. The summed E-state index contributed by atoms with van der Waals surface area (Å²) in [6, 6.07) is 5.48. The predicted octanol–water partition coefficient (Wildman–Crippen LogP) is 1.51. The number of hydrogen-bond donors (Lipinski definition) is 3. The number of carbonyl (C=O) groups is 1. The van der Waals surface area contributed by atoms with Crippen molar-refractivity contribution >= 4 is 11.6 Å². The average molecular weight is 277 g/mol. The lowest BCUT2D eigenvalue weighted by Crippen LogP contribution is -2.40. The van der Waals surface area contributed by atoms with E-state index in [0.29, 0.717) is 24.6 Å². The molecule has 1 aromatic carbocycles. The molecular formula is C15H23N3O2. The van der Waals surface area contributed by atoms with Crippen LogP contribution in [0.25, 0.3) is 0 Å². The summed E-state index contributed by atoms with van der Waals surface area (Å²) in [6.45, 7) is 5.17. The topological polar surface area (TPSA) is 78.6 Å². The van der Waals surface area contributed by atoms with Crippen molar-refractivity contribution in [3.8, 4) is 0 Å². The zero-order valence-corrected chi connectivity index (χ0v) is 12.1. The van der Waals surface area contributed by atoms with Crippen molar-refractivity contribution in [2.75, 3.05) is 18.5 Å². The van der Waals surface area contributed by atoms with Crippen molar-refractivity contribution in [1.82, 2.24) is 4.90 Å². The van der Waals surface area contributed by atoms with Gasteiger partial charge in [0.05, 0.1) is 11.8 Å². The number of hydrogen-bond acceptors (Lipinski definition) is 4. The summed E-state index contributed by atoms with van der Waals surface area (Å²) >= 11 is 0. The number of aliphatic hydroxyl groups excluding tert-OH is 1. The predicted molar refractivity (Wildman–Crippen MR) is 79.3 cm³/mol. The van der Waals surface area contributed by atoms with Crippen LogP contribution in [0.4, 0.5) is 5.69 Å². The van der Waals surface area contributed by atoms with Gasteiger partial charge in [-0.3, -0.25) is 10.6 Å². The second kappa shape index (κ2) is 6.24. The number of nitrogens with two attached hydrogens (primary N) is 1. The molecule has 1 aliphatic heterocycles. The van der Waals surface area contributed by atoms with Gasteiger partial charge in [0.2, 0.25) is 0 Å². The van der Waals surface area contributed by atoms with Gasteiger partial charge in [0.15, 0.2) is 0 Å². The van der Waals surface area contributed by atoms with Crippen molar-refractivity contribution in [1.29, 1.82) is 0 Å². The van der Waals surface area contributed by atoms with Gasteiger partial charge in [0, 0.05) is 18.7 Å². The number of nitrogens with one attached hydrogen (secondary N) is 1. The van der Waals surface area contributed by atoms with Gasteiger partial charge in [0.1, 0.15) is 0 Å². The molecule has 20 heavy (non-hydrogen) atoms. The Morgan fingerprint density at radius 3 is 2.60 bits per heavy atom. The molecule has 0 aromatic heterocycles. The Hall–Kier alpha value is -1.59. The number of amides is 1. The lowest BCUT2D eigenvalue weighted by molar-refractivity contribution is 0.0521. The zero-order chi connectivity index (χ0) is 14.7. The summed E-state index contributed by atoms with van der Waals surface area (Å²) in [5.41, 5.74) is 5.08. The molecule has 0 bridgehead atoms. The summed E-state index contributed by atoms with van der Waals surface area (Å²) in [6.07, 6.45) is 1.44. The third kappa shape index (κ3) is 3.11. The Morgan fingerprint density at radius 1 is 1.45 bits per heavy atom. The van der Waals surface area contributed by atoms with Crippen LogP contribution in [0.3, 0.4) is 0 Å². The van der Waals surface area contributed by atoms with E-state index in [1.54, 1.807) is 6.07 Å². The zero-order valence-electron chi connectivity index (χ0n) is 12.1. The van der Waals surface area contributed by atoms with E-state index < -0.39 is 0 Å². The first-order valence-electron chi connectivity index (χ1n) is 7.07. The van der Waals surface area contributed by atoms with Gasteiger partial charge in [-0.15, -0.1) is 0 Å². The largest absolute Gasteiger partial charge is 0.393 e. The number of piperidine rings is 1. The molecule has 0 radical (unpaired) electrons. The standard InChI is InChI=1S/C15H23N3O2/c1-10-9-13(3-4-14(10)17-16)15(20)18-7-5-12(6-8-18)11(2)19/h3-4,9,11-12,17,19H,5-8,16H2,1-2H3. The van der Waals surface area contributed by atoms with E-state index in [0.717, 1.165) is 24.1 Å². The van der Waals surface area contributed by atoms with Crippen LogP contribution in [0.15, 0.2) is 18.2 Å². The summed E-state index contributed by atoms with van der Waals surface area (Å²) in [5.74, 6) is 5.76. The number of benzene rings is 1. The first-order valence-corrected chi connectivity index (χ1v) is 7.07. The van der Waals surface area contributed by atoms with Gasteiger partial charge >= 0.3 is 0 Å². The fourth-order valence-corrected chi connectivity index (χ4v) is 2.73. The fraction of sp³-hybridized carbons (Fsp3) is 0.533. The molecule has 1 unspecified atom stereocenters. The van der Waals surface area contributed by atoms with E-state index >= 15 is 0 Å². The average Bonchev–Trinajstić information content (AvgIpc) is 2.46. The molecular weight excluding hydrogens is 254 g/mol. The van der Waals surface area contributed by atoms with Crippen molar-refractivity contribution in [3.05, 3.63) is 29.3 Å². The molecule has 4 N–H and O–H groups in total. The highest BCUT2D eigenvalue weighted by Crippen LogP contribution is 2.23. The number of nitrogen functional groups attached to an aromatic ring is 1. The smallest absolute Gasteiger partial charge is 0.253 e. The molecule has 1 fully saturated rings. The molecule has 0 aliphatic carbocycles. The molecule has 0 spiro atoms. The minimum Gasteiger partial charge on any atom is -0.393 e. The molecule has 1 heterocycles. The van der Waals surface area contributed by atoms with Crippen molar-refractivity contribution in [2.45, 2.75) is 32.8 Å². The summed E-state index contributed by atoms with van der Waals surface area (Å²) in [7, 11) is 0. The van der Waals surface area contributed by atoms with Gasteiger partial charge < -0.3 is 15.4 Å². The van der Waals surface area contributed by atoms with E-state index in [1.165, 1.54) is 0 Å². The minimum absolute atomic E-state index is 0.0562. The quantitative estimate of drug-likeness (QED) is 0.578. The van der Waals surface area contributed by atoms with E-state index in [-0.39, 0.29) is 12.0 Å². The van der Waals surface area contributed by atoms with Gasteiger partial charge in [0.25, 0.3) is 5.91 Å². The Kier molecular flexibility index (Phi) is 4.62. The fourth-order valence-electron chi connectivity index (χ4n) is 2.73. The van der Waals surface area contributed by atoms with E-state index in [4.69, 9.17) is 5.84 Å². The Balaban J connectivity index is 2.04. The van der Waals surface area contributed by atoms with Gasteiger partial charge in [-0.2, -0.15) is 0 Å². The Bertz CT molecular complexity index is 480. The van der Waals surface area contributed by atoms with Crippen LogP contribution in [0, 0.1) is 12.8 Å². The molecule has 1 saturated heterocycles. The SMILES string of the molecule is Cc1cc(C(=O)N2CCC(C(C)O)CC2)ccc1NN. The van der Waals surface area contributed by atoms with Crippen LogP contribution in [0.2, 0.25) is 0 Å². The number of aryl methyl sites for hydroxylation is 1. The molecule has 110 valence electrons. The number of nitrogens with zero attached hydrogens (tertiary/aromatic N) is 1. The second-order valence-corrected chi connectivity index (χ2v) is 5.54. The number of anilines is 1. The van der Waals surface area contributed by atoms with Gasteiger partial charge in [-0.1, -0.05) is 0 Å². The van der Waals surface area contributed by atoms with Crippen LogP contribution in [-0.2, 0) is 0 Å². The van der Waals surface area contributed by atoms with Crippen LogP contribution in [0.1, 0.15) is 35.7 Å². The summed E-state index contributed by atoms with van der Waals surface area (Å²) in [4.78, 5) is 14.3. The number of hydrazine groups is 1. The lowest BCUT2D eigenvalue weighted by atomic mass is 9.92. The first kappa shape index (κ1) is 14.8. The van der Waals surface area contributed by atoms with Gasteiger partial charge in [-0.05, 0) is 56.4 Å². The number of aliphatic hydroxyl groups is 1. The van der Waals surface area contributed by atoms with E-state index in [1.807, 2.05) is 30.9 Å². The summed E-state index contributed by atoms with van der Waals surface area (Å²) in [5, 5.41) is 9.59. The summed E-state index contributed by atoms with van der Waals surface area (Å²) < 4.78 is 0. The Morgan fingerprint density at radius 2 is 2.10 bits per heavy atom. The normalized spacial score (nSPS) is 17.9. The second-order valence-electron chi connectivity index (χ2n) is 5.54.